The van der Waals surface area contributed by atoms with Gasteiger partial charge in [-0.3, -0.25) is 4.68 Å². The molecule has 0 fully saturated rings. The van der Waals surface area contributed by atoms with Crippen molar-refractivity contribution < 1.29 is 5.11 Å². The van der Waals surface area contributed by atoms with Crippen molar-refractivity contribution >= 4 is 0 Å². The number of hydrogen-bond donors (Lipinski definition) is 2. The first-order chi connectivity index (χ1) is 7.88. The van der Waals surface area contributed by atoms with E-state index in [1.807, 2.05) is 6.20 Å². The van der Waals surface area contributed by atoms with Crippen LogP contribution in [0.5, 0.6) is 0 Å². The molecule has 0 radical (unpaired) electrons. The Labute approximate surface area is 95.2 Å². The van der Waals surface area contributed by atoms with Gasteiger partial charge in [0, 0.05) is 31.9 Å². The summed E-state index contributed by atoms with van der Waals surface area (Å²) in [5.74, 6) is 0. The minimum absolute atomic E-state index is 0.196. The van der Waals surface area contributed by atoms with Gasteiger partial charge in [0.2, 0.25) is 0 Å². The Morgan fingerprint density at radius 3 is 3.00 bits per heavy atom. The molecular formula is C11H18N4O. The minimum Gasteiger partial charge on any atom is -0.396 e. The van der Waals surface area contributed by atoms with Crippen LogP contribution in [0, 0.1) is 0 Å². The van der Waals surface area contributed by atoms with E-state index in [2.05, 4.69) is 27.8 Å². The van der Waals surface area contributed by atoms with Crippen LogP contribution < -0.4 is 5.32 Å². The van der Waals surface area contributed by atoms with Crippen LogP contribution >= 0.6 is 0 Å². The quantitative estimate of drug-likeness (QED) is 0.687. The summed E-state index contributed by atoms with van der Waals surface area (Å²) in [6.45, 7) is 1.70. The number of rotatable bonds is 6. The highest BCUT2D eigenvalue weighted by atomic mass is 16.3. The number of aromatic nitrogens is 3. The number of nitrogens with zero attached hydrogens (tertiary/aromatic N) is 3. The van der Waals surface area contributed by atoms with Gasteiger partial charge < -0.3 is 10.4 Å². The first-order valence-corrected chi connectivity index (χ1v) is 5.77. The fraction of sp³-hybridized carbons (Fsp3) is 0.636. The Balaban J connectivity index is 1.74. The summed E-state index contributed by atoms with van der Waals surface area (Å²) in [6, 6.07) is 0.558. The maximum atomic E-state index is 8.70. The summed E-state index contributed by atoms with van der Waals surface area (Å²) in [7, 11) is 0. The SMILES string of the molecule is OCCCn1cc(CNC2CC=CC2)nn1. The van der Waals surface area contributed by atoms with Crippen molar-refractivity contribution in [3.63, 3.8) is 0 Å². The molecule has 0 aromatic carbocycles. The summed E-state index contributed by atoms with van der Waals surface area (Å²) >= 11 is 0. The van der Waals surface area contributed by atoms with E-state index >= 15 is 0 Å². The van der Waals surface area contributed by atoms with Crippen molar-refractivity contribution in [1.82, 2.24) is 20.3 Å². The van der Waals surface area contributed by atoms with Crippen LogP contribution in [-0.2, 0) is 13.1 Å². The van der Waals surface area contributed by atoms with Gasteiger partial charge in [-0.15, -0.1) is 5.10 Å². The van der Waals surface area contributed by atoms with Crippen LogP contribution in [-0.4, -0.2) is 32.7 Å². The molecule has 0 saturated heterocycles. The molecule has 2 N–H and O–H groups in total. The molecule has 5 heteroatoms. The van der Waals surface area contributed by atoms with Crippen LogP contribution in [0.25, 0.3) is 0 Å². The topological polar surface area (TPSA) is 63.0 Å². The summed E-state index contributed by atoms with van der Waals surface area (Å²) < 4.78 is 1.78. The lowest BCUT2D eigenvalue weighted by Gasteiger charge is -2.09. The van der Waals surface area contributed by atoms with Crippen LogP contribution in [0.15, 0.2) is 18.3 Å². The normalized spacial score (nSPS) is 16.1. The predicted octanol–water partition coefficient (Wildman–Crippen LogP) is 0.469. The molecule has 1 aromatic heterocycles. The van der Waals surface area contributed by atoms with Gasteiger partial charge in [-0.05, 0) is 19.3 Å². The third kappa shape index (κ3) is 3.15. The number of hydrogen-bond acceptors (Lipinski definition) is 4. The smallest absolute Gasteiger partial charge is 0.0964 e. The fourth-order valence-corrected chi connectivity index (χ4v) is 1.79. The van der Waals surface area contributed by atoms with Gasteiger partial charge in [0.1, 0.15) is 0 Å². The molecule has 0 atom stereocenters. The van der Waals surface area contributed by atoms with Crippen molar-refractivity contribution in [2.24, 2.45) is 0 Å². The van der Waals surface area contributed by atoms with E-state index < -0.39 is 0 Å². The highest BCUT2D eigenvalue weighted by molar-refractivity contribution is 4.99. The molecule has 0 saturated carbocycles. The molecule has 1 heterocycles. The van der Waals surface area contributed by atoms with E-state index in [0.29, 0.717) is 6.04 Å². The fourth-order valence-electron chi connectivity index (χ4n) is 1.79. The van der Waals surface area contributed by atoms with Gasteiger partial charge in [0.25, 0.3) is 0 Å². The molecule has 0 bridgehead atoms. The minimum atomic E-state index is 0.196. The first kappa shape index (κ1) is 11.3. The van der Waals surface area contributed by atoms with Crippen molar-refractivity contribution in [2.45, 2.75) is 38.4 Å². The Hall–Kier alpha value is -1.20. The summed E-state index contributed by atoms with van der Waals surface area (Å²) in [6.07, 6.45) is 9.29. The Morgan fingerprint density at radius 2 is 2.25 bits per heavy atom. The van der Waals surface area contributed by atoms with E-state index in [4.69, 9.17) is 5.11 Å². The molecule has 0 amide bonds. The molecule has 5 nitrogen and oxygen atoms in total. The van der Waals surface area contributed by atoms with Crippen LogP contribution in [0.1, 0.15) is 25.0 Å². The molecule has 1 aromatic rings. The van der Waals surface area contributed by atoms with Crippen molar-refractivity contribution in [1.29, 1.82) is 0 Å². The predicted molar refractivity (Wildman–Crippen MR) is 60.7 cm³/mol. The van der Waals surface area contributed by atoms with E-state index in [1.165, 1.54) is 0 Å². The first-order valence-electron chi connectivity index (χ1n) is 5.77. The van der Waals surface area contributed by atoms with E-state index in [9.17, 15) is 0 Å². The highest BCUT2D eigenvalue weighted by Gasteiger charge is 2.09. The molecule has 0 unspecified atom stereocenters. The lowest BCUT2D eigenvalue weighted by molar-refractivity contribution is 0.276. The second-order valence-corrected chi connectivity index (χ2v) is 4.07. The monoisotopic (exact) mass is 222 g/mol. The maximum Gasteiger partial charge on any atom is 0.0964 e. The summed E-state index contributed by atoms with van der Waals surface area (Å²) in [5, 5.41) is 20.2. The lowest BCUT2D eigenvalue weighted by atomic mass is 10.2. The van der Waals surface area contributed by atoms with E-state index in [0.717, 1.165) is 38.0 Å². The highest BCUT2D eigenvalue weighted by Crippen LogP contribution is 2.09. The number of nitrogens with one attached hydrogen (secondary N) is 1. The zero-order valence-electron chi connectivity index (χ0n) is 9.34. The third-order valence-corrected chi connectivity index (χ3v) is 2.71. The van der Waals surface area contributed by atoms with Crippen molar-refractivity contribution in [3.05, 3.63) is 24.0 Å². The molecule has 0 spiro atoms. The lowest BCUT2D eigenvalue weighted by Crippen LogP contribution is -2.25. The molecule has 16 heavy (non-hydrogen) atoms. The Bertz CT molecular complexity index is 340. The van der Waals surface area contributed by atoms with Gasteiger partial charge >= 0.3 is 0 Å². The van der Waals surface area contributed by atoms with Gasteiger partial charge in [0.05, 0.1) is 5.69 Å². The largest absolute Gasteiger partial charge is 0.396 e. The number of aliphatic hydroxyl groups excluding tert-OH is 1. The van der Waals surface area contributed by atoms with Crippen molar-refractivity contribution in [3.8, 4) is 0 Å². The third-order valence-electron chi connectivity index (χ3n) is 2.71. The number of aliphatic hydroxyl groups is 1. The van der Waals surface area contributed by atoms with Crippen molar-refractivity contribution in [2.75, 3.05) is 6.61 Å². The van der Waals surface area contributed by atoms with Crippen LogP contribution in [0.4, 0.5) is 0 Å². The average molecular weight is 222 g/mol. The molecule has 1 aliphatic rings. The Kier molecular flexibility index (Phi) is 4.07. The standard InChI is InChI=1S/C11H18N4O/c16-7-3-6-15-9-11(13-14-15)8-12-10-4-1-2-5-10/h1-2,9-10,12,16H,3-8H2. The van der Waals surface area contributed by atoms with Gasteiger partial charge in [-0.25, -0.2) is 0 Å². The second kappa shape index (κ2) is 5.77. The zero-order valence-corrected chi connectivity index (χ0v) is 9.34. The Morgan fingerprint density at radius 1 is 1.44 bits per heavy atom. The number of aryl methyl sites for hydroxylation is 1. The van der Waals surface area contributed by atoms with Crippen LogP contribution in [0.3, 0.4) is 0 Å². The van der Waals surface area contributed by atoms with E-state index in [-0.39, 0.29) is 6.61 Å². The van der Waals surface area contributed by atoms with Crippen LogP contribution in [0.2, 0.25) is 0 Å². The van der Waals surface area contributed by atoms with Gasteiger partial charge in [-0.2, -0.15) is 0 Å². The van der Waals surface area contributed by atoms with Gasteiger partial charge in [-0.1, -0.05) is 17.4 Å². The average Bonchev–Trinajstić information content (AvgIpc) is 2.95. The summed E-state index contributed by atoms with van der Waals surface area (Å²) in [4.78, 5) is 0. The molecule has 2 rings (SSSR count). The molecule has 88 valence electrons. The summed E-state index contributed by atoms with van der Waals surface area (Å²) in [5.41, 5.74) is 0.963. The maximum absolute atomic E-state index is 8.70. The zero-order chi connectivity index (χ0) is 11.2. The molecule has 0 aliphatic heterocycles. The van der Waals surface area contributed by atoms with E-state index in [1.54, 1.807) is 4.68 Å². The molecule has 1 aliphatic carbocycles. The van der Waals surface area contributed by atoms with Gasteiger partial charge in [0.15, 0.2) is 0 Å². The second-order valence-electron chi connectivity index (χ2n) is 4.07. The molecular weight excluding hydrogens is 204 g/mol.